The Hall–Kier alpha value is -0.440. The zero-order valence-electron chi connectivity index (χ0n) is 9.25. The van der Waals surface area contributed by atoms with Crippen LogP contribution in [0.2, 0.25) is 0 Å². The quantitative estimate of drug-likeness (QED) is 0.664. The zero-order chi connectivity index (χ0) is 11.0. The van der Waals surface area contributed by atoms with Gasteiger partial charge in [0.15, 0.2) is 0 Å². The third-order valence-electron chi connectivity index (χ3n) is 2.13. The van der Waals surface area contributed by atoms with Crippen LogP contribution in [0, 0.1) is 5.92 Å². The molecule has 0 aromatic rings. The molecule has 0 aromatic heterocycles. The van der Waals surface area contributed by atoms with Crippen molar-refractivity contribution in [2.75, 3.05) is 11.5 Å². The van der Waals surface area contributed by atoms with Crippen LogP contribution in [0.15, 0.2) is 11.6 Å². The molecule has 0 aliphatic rings. The molecule has 0 aromatic carbocycles. The predicted molar refractivity (Wildman–Crippen MR) is 62.8 cm³/mol. The lowest BCUT2D eigenvalue weighted by atomic mass is 10.1. The third kappa shape index (κ3) is 6.08. The van der Waals surface area contributed by atoms with Crippen molar-refractivity contribution < 1.29 is 9.90 Å². The highest BCUT2D eigenvalue weighted by atomic mass is 32.2. The molecule has 0 saturated heterocycles. The molecule has 0 aliphatic heterocycles. The first-order chi connectivity index (χ1) is 6.61. The van der Waals surface area contributed by atoms with Crippen LogP contribution in [0.5, 0.6) is 0 Å². The van der Waals surface area contributed by atoms with Gasteiger partial charge in [-0.05, 0) is 18.6 Å². The molecule has 0 radical (unpaired) electrons. The molecule has 82 valence electrons. The Morgan fingerprint density at radius 1 is 1.50 bits per heavy atom. The molecule has 0 saturated carbocycles. The molecular weight excluding hydrogens is 196 g/mol. The summed E-state index contributed by atoms with van der Waals surface area (Å²) in [5.74, 6) is 1.19. The fraction of sp³-hybridized carbons (Fsp3) is 0.727. The topological polar surface area (TPSA) is 37.3 Å². The van der Waals surface area contributed by atoms with E-state index in [-0.39, 0.29) is 5.92 Å². The van der Waals surface area contributed by atoms with Crippen molar-refractivity contribution >= 4 is 17.7 Å². The molecule has 0 rings (SSSR count). The minimum Gasteiger partial charge on any atom is -0.481 e. The van der Waals surface area contributed by atoms with E-state index in [1.54, 1.807) is 6.92 Å². The van der Waals surface area contributed by atoms with Crippen molar-refractivity contribution in [2.24, 2.45) is 5.92 Å². The molecule has 14 heavy (non-hydrogen) atoms. The zero-order valence-corrected chi connectivity index (χ0v) is 10.1. The van der Waals surface area contributed by atoms with Crippen LogP contribution < -0.4 is 0 Å². The maximum absolute atomic E-state index is 10.6. The van der Waals surface area contributed by atoms with Gasteiger partial charge in [0.05, 0.1) is 5.92 Å². The number of allylic oxidation sites excluding steroid dienone is 1. The van der Waals surface area contributed by atoms with Crippen molar-refractivity contribution in [1.29, 1.82) is 0 Å². The molecule has 0 spiro atoms. The first-order valence-electron chi connectivity index (χ1n) is 5.10. The van der Waals surface area contributed by atoms with E-state index in [2.05, 4.69) is 19.9 Å². The van der Waals surface area contributed by atoms with Crippen LogP contribution in [-0.2, 0) is 4.79 Å². The number of rotatable bonds is 7. The molecule has 0 fully saturated rings. The van der Waals surface area contributed by atoms with E-state index in [1.807, 2.05) is 11.8 Å². The Morgan fingerprint density at radius 2 is 2.14 bits per heavy atom. The predicted octanol–water partition coefficient (Wildman–Crippen LogP) is 3.19. The monoisotopic (exact) mass is 216 g/mol. The molecule has 0 amide bonds. The van der Waals surface area contributed by atoms with Gasteiger partial charge in [-0.1, -0.05) is 32.4 Å². The fourth-order valence-corrected chi connectivity index (χ4v) is 1.77. The minimum absolute atomic E-state index is 0.261. The van der Waals surface area contributed by atoms with Gasteiger partial charge in [-0.3, -0.25) is 4.79 Å². The van der Waals surface area contributed by atoms with E-state index in [9.17, 15) is 4.79 Å². The highest BCUT2D eigenvalue weighted by molar-refractivity contribution is 7.99. The van der Waals surface area contributed by atoms with Gasteiger partial charge < -0.3 is 5.11 Å². The number of carbonyl (C=O) groups is 1. The summed E-state index contributed by atoms with van der Waals surface area (Å²) in [6, 6.07) is 0. The highest BCUT2D eigenvalue weighted by Crippen LogP contribution is 2.13. The van der Waals surface area contributed by atoms with E-state index in [0.29, 0.717) is 6.42 Å². The molecule has 1 unspecified atom stereocenters. The lowest BCUT2D eigenvalue weighted by Gasteiger charge is -2.05. The third-order valence-corrected chi connectivity index (χ3v) is 3.11. The van der Waals surface area contributed by atoms with E-state index in [0.717, 1.165) is 17.9 Å². The van der Waals surface area contributed by atoms with Crippen molar-refractivity contribution in [3.8, 4) is 0 Å². The Kier molecular flexibility index (Phi) is 7.67. The summed E-state index contributed by atoms with van der Waals surface area (Å²) in [6.07, 6.45) is 3.77. The molecule has 0 heterocycles. The average Bonchev–Trinajstić information content (AvgIpc) is 2.17. The maximum Gasteiger partial charge on any atom is 0.306 e. The number of aliphatic carboxylic acids is 1. The smallest absolute Gasteiger partial charge is 0.306 e. The summed E-state index contributed by atoms with van der Waals surface area (Å²) in [4.78, 5) is 10.6. The molecular formula is C11H20O2S. The fourth-order valence-electron chi connectivity index (χ4n) is 0.983. The number of carboxylic acids is 1. The molecule has 0 aliphatic carbocycles. The Balaban J connectivity index is 3.97. The summed E-state index contributed by atoms with van der Waals surface area (Å²) in [5.41, 5.74) is 1.37. The van der Waals surface area contributed by atoms with Gasteiger partial charge in [0.25, 0.3) is 0 Å². The van der Waals surface area contributed by atoms with Gasteiger partial charge in [-0.2, -0.15) is 11.8 Å². The molecule has 1 atom stereocenters. The Labute approximate surface area is 90.8 Å². The maximum atomic E-state index is 10.6. The minimum atomic E-state index is -0.708. The van der Waals surface area contributed by atoms with Crippen molar-refractivity contribution in [3.05, 3.63) is 11.6 Å². The Bertz CT molecular complexity index is 199. The van der Waals surface area contributed by atoms with Crippen LogP contribution in [0.1, 0.15) is 33.6 Å². The number of hydrogen-bond acceptors (Lipinski definition) is 2. The van der Waals surface area contributed by atoms with Crippen LogP contribution in [0.25, 0.3) is 0 Å². The number of carboxylic acid groups (broad SMARTS) is 1. The molecule has 3 heteroatoms. The molecule has 2 nitrogen and oxygen atoms in total. The molecule has 0 bridgehead atoms. The van der Waals surface area contributed by atoms with Gasteiger partial charge in [-0.15, -0.1) is 0 Å². The van der Waals surface area contributed by atoms with E-state index >= 15 is 0 Å². The van der Waals surface area contributed by atoms with Crippen molar-refractivity contribution in [3.63, 3.8) is 0 Å². The van der Waals surface area contributed by atoms with E-state index < -0.39 is 5.97 Å². The van der Waals surface area contributed by atoms with Crippen molar-refractivity contribution in [1.82, 2.24) is 0 Å². The lowest BCUT2D eigenvalue weighted by Crippen LogP contribution is -2.08. The first-order valence-corrected chi connectivity index (χ1v) is 6.25. The second-order valence-corrected chi connectivity index (χ2v) is 4.60. The highest BCUT2D eigenvalue weighted by Gasteiger charge is 2.08. The number of hydrogen-bond donors (Lipinski definition) is 1. The van der Waals surface area contributed by atoms with Crippen LogP contribution >= 0.6 is 11.8 Å². The largest absolute Gasteiger partial charge is 0.481 e. The van der Waals surface area contributed by atoms with Crippen LogP contribution in [0.4, 0.5) is 0 Å². The van der Waals surface area contributed by atoms with Gasteiger partial charge >= 0.3 is 5.97 Å². The summed E-state index contributed by atoms with van der Waals surface area (Å²) in [5, 5.41) is 8.71. The van der Waals surface area contributed by atoms with E-state index in [4.69, 9.17) is 5.11 Å². The summed E-state index contributed by atoms with van der Waals surface area (Å²) in [7, 11) is 0. The summed E-state index contributed by atoms with van der Waals surface area (Å²) >= 11 is 1.89. The van der Waals surface area contributed by atoms with E-state index in [1.165, 1.54) is 5.57 Å². The van der Waals surface area contributed by atoms with Gasteiger partial charge in [0, 0.05) is 5.75 Å². The standard InChI is InChI=1S/C11H20O2S/c1-4-10(8-14-5-2)7-6-9(3)11(12)13/h7,9H,4-6,8H2,1-3H3,(H,12,13)/b10-7-. The average molecular weight is 216 g/mol. The van der Waals surface area contributed by atoms with Crippen LogP contribution in [-0.4, -0.2) is 22.6 Å². The lowest BCUT2D eigenvalue weighted by molar-refractivity contribution is -0.140. The van der Waals surface area contributed by atoms with Gasteiger partial charge in [0.1, 0.15) is 0 Å². The second kappa shape index (κ2) is 7.92. The van der Waals surface area contributed by atoms with Crippen LogP contribution in [0.3, 0.4) is 0 Å². The number of thioether (sulfide) groups is 1. The van der Waals surface area contributed by atoms with Gasteiger partial charge in [-0.25, -0.2) is 0 Å². The normalized spacial score (nSPS) is 14.1. The summed E-state index contributed by atoms with van der Waals surface area (Å²) < 4.78 is 0. The second-order valence-electron chi connectivity index (χ2n) is 3.33. The van der Waals surface area contributed by atoms with Crippen molar-refractivity contribution in [2.45, 2.75) is 33.6 Å². The molecule has 1 N–H and O–H groups in total. The summed E-state index contributed by atoms with van der Waals surface area (Å²) in [6.45, 7) is 6.00. The Morgan fingerprint density at radius 3 is 2.57 bits per heavy atom. The SMILES string of the molecule is CCSC/C(=C\CC(C)C(=O)O)CC. The van der Waals surface area contributed by atoms with Gasteiger partial charge in [0.2, 0.25) is 0 Å². The first kappa shape index (κ1) is 13.6.